The van der Waals surface area contributed by atoms with E-state index < -0.39 is 0 Å². The van der Waals surface area contributed by atoms with Gasteiger partial charge in [0.2, 0.25) is 0 Å². The van der Waals surface area contributed by atoms with Gasteiger partial charge in [-0.15, -0.1) is 0 Å². The smallest absolute Gasteiger partial charge is 0.00435 e. The summed E-state index contributed by atoms with van der Waals surface area (Å²) in [7, 11) is 0. The predicted octanol–water partition coefficient (Wildman–Crippen LogP) is 1.38. The van der Waals surface area contributed by atoms with Crippen LogP contribution in [0.2, 0.25) is 0 Å². The summed E-state index contributed by atoms with van der Waals surface area (Å²) in [5, 5.41) is 6.97. The standard InChI is InChI=1S/C12H22N2/c1-5-13-6-2-10(1)11-9-12(11)3-7-14-8-4-12/h10-11,13-14H,1-9H2. The Morgan fingerprint density at radius 1 is 0.857 bits per heavy atom. The van der Waals surface area contributed by atoms with Crippen molar-refractivity contribution in [3.05, 3.63) is 0 Å². The van der Waals surface area contributed by atoms with Crippen molar-refractivity contribution in [3.8, 4) is 0 Å². The second kappa shape index (κ2) is 3.49. The van der Waals surface area contributed by atoms with Crippen LogP contribution in [0.5, 0.6) is 0 Å². The zero-order chi connectivity index (χ0) is 9.43. The van der Waals surface area contributed by atoms with Crippen LogP contribution in [0.4, 0.5) is 0 Å². The highest BCUT2D eigenvalue weighted by molar-refractivity contribution is 5.07. The lowest BCUT2D eigenvalue weighted by atomic mass is 9.83. The van der Waals surface area contributed by atoms with E-state index in [1.165, 1.54) is 51.9 Å². The highest BCUT2D eigenvalue weighted by Gasteiger charge is 2.56. The molecular formula is C12H22N2. The molecule has 0 amide bonds. The maximum Gasteiger partial charge on any atom is -0.00435 e. The second-order valence-electron chi connectivity index (χ2n) is 5.51. The minimum atomic E-state index is 0.813. The summed E-state index contributed by atoms with van der Waals surface area (Å²) in [5.74, 6) is 2.17. The quantitative estimate of drug-likeness (QED) is 0.659. The summed E-state index contributed by atoms with van der Waals surface area (Å²) in [6, 6.07) is 0. The molecule has 14 heavy (non-hydrogen) atoms. The third-order valence-corrected chi connectivity index (χ3v) is 4.81. The van der Waals surface area contributed by atoms with Gasteiger partial charge in [-0.05, 0) is 75.5 Å². The Hall–Kier alpha value is -0.0800. The summed E-state index contributed by atoms with van der Waals surface area (Å²) >= 11 is 0. The molecular weight excluding hydrogens is 172 g/mol. The van der Waals surface area contributed by atoms with Gasteiger partial charge in [0.1, 0.15) is 0 Å². The first-order chi connectivity index (χ1) is 6.91. The summed E-state index contributed by atoms with van der Waals surface area (Å²) in [6.45, 7) is 5.11. The maximum atomic E-state index is 3.49. The van der Waals surface area contributed by atoms with E-state index in [1.54, 1.807) is 6.42 Å². The Bertz CT molecular complexity index is 202. The highest BCUT2D eigenvalue weighted by Crippen LogP contribution is 2.63. The Kier molecular flexibility index (Phi) is 2.29. The number of piperidine rings is 2. The minimum absolute atomic E-state index is 0.813. The molecule has 1 aliphatic carbocycles. The fourth-order valence-electron chi connectivity index (χ4n) is 3.79. The molecule has 2 aliphatic heterocycles. The molecule has 0 radical (unpaired) electrons. The monoisotopic (exact) mass is 194 g/mol. The molecule has 80 valence electrons. The van der Waals surface area contributed by atoms with Gasteiger partial charge in [0.05, 0.1) is 0 Å². The number of nitrogens with one attached hydrogen (secondary N) is 2. The van der Waals surface area contributed by atoms with Crippen molar-refractivity contribution in [2.45, 2.75) is 32.1 Å². The first kappa shape index (κ1) is 9.17. The van der Waals surface area contributed by atoms with Gasteiger partial charge in [-0.25, -0.2) is 0 Å². The molecule has 2 heterocycles. The molecule has 3 aliphatic rings. The van der Waals surface area contributed by atoms with Gasteiger partial charge in [0.25, 0.3) is 0 Å². The number of hydrogen-bond acceptors (Lipinski definition) is 2. The summed E-state index contributed by atoms with van der Waals surface area (Å²) in [5.41, 5.74) is 0.813. The molecule has 2 nitrogen and oxygen atoms in total. The minimum Gasteiger partial charge on any atom is -0.317 e. The van der Waals surface area contributed by atoms with E-state index in [4.69, 9.17) is 0 Å². The molecule has 0 aromatic carbocycles. The molecule has 1 unspecified atom stereocenters. The lowest BCUT2D eigenvalue weighted by Crippen LogP contribution is -2.33. The average Bonchev–Trinajstić information content (AvgIpc) is 2.95. The van der Waals surface area contributed by atoms with Crippen LogP contribution < -0.4 is 10.6 Å². The average molecular weight is 194 g/mol. The van der Waals surface area contributed by atoms with Crippen molar-refractivity contribution in [2.75, 3.05) is 26.2 Å². The molecule has 2 saturated heterocycles. The van der Waals surface area contributed by atoms with Gasteiger partial charge in [-0.1, -0.05) is 0 Å². The number of rotatable bonds is 1. The molecule has 1 spiro atoms. The Labute approximate surface area is 86.8 Å². The summed E-state index contributed by atoms with van der Waals surface area (Å²) in [6.07, 6.45) is 7.36. The summed E-state index contributed by atoms with van der Waals surface area (Å²) < 4.78 is 0. The van der Waals surface area contributed by atoms with Crippen LogP contribution in [-0.4, -0.2) is 26.2 Å². The van der Waals surface area contributed by atoms with Crippen molar-refractivity contribution in [2.24, 2.45) is 17.3 Å². The van der Waals surface area contributed by atoms with Gasteiger partial charge >= 0.3 is 0 Å². The van der Waals surface area contributed by atoms with E-state index in [9.17, 15) is 0 Å². The lowest BCUT2D eigenvalue weighted by Gasteiger charge is -2.29. The van der Waals surface area contributed by atoms with Gasteiger partial charge in [0, 0.05) is 0 Å². The van der Waals surface area contributed by atoms with E-state index in [2.05, 4.69) is 10.6 Å². The molecule has 1 saturated carbocycles. The normalized spacial score (nSPS) is 37.3. The largest absolute Gasteiger partial charge is 0.317 e. The van der Waals surface area contributed by atoms with Crippen LogP contribution in [0.25, 0.3) is 0 Å². The Morgan fingerprint density at radius 2 is 1.50 bits per heavy atom. The molecule has 2 heteroatoms. The molecule has 1 atom stereocenters. The van der Waals surface area contributed by atoms with Gasteiger partial charge in [0.15, 0.2) is 0 Å². The lowest BCUT2D eigenvalue weighted by molar-refractivity contribution is 0.248. The van der Waals surface area contributed by atoms with Crippen molar-refractivity contribution >= 4 is 0 Å². The zero-order valence-electron chi connectivity index (χ0n) is 9.02. The van der Waals surface area contributed by atoms with Crippen LogP contribution in [0.15, 0.2) is 0 Å². The second-order valence-corrected chi connectivity index (χ2v) is 5.51. The Morgan fingerprint density at radius 3 is 2.21 bits per heavy atom. The van der Waals surface area contributed by atoms with Crippen molar-refractivity contribution in [1.29, 1.82) is 0 Å². The van der Waals surface area contributed by atoms with Gasteiger partial charge < -0.3 is 10.6 Å². The van der Waals surface area contributed by atoms with E-state index in [0.29, 0.717) is 0 Å². The van der Waals surface area contributed by atoms with Gasteiger partial charge in [-0.2, -0.15) is 0 Å². The fraction of sp³-hybridized carbons (Fsp3) is 1.00. The van der Waals surface area contributed by atoms with E-state index in [0.717, 1.165) is 17.3 Å². The van der Waals surface area contributed by atoms with Crippen molar-refractivity contribution in [1.82, 2.24) is 10.6 Å². The van der Waals surface area contributed by atoms with E-state index in [1.807, 2.05) is 0 Å². The van der Waals surface area contributed by atoms with Crippen LogP contribution >= 0.6 is 0 Å². The molecule has 0 bridgehead atoms. The van der Waals surface area contributed by atoms with Crippen LogP contribution in [0.3, 0.4) is 0 Å². The van der Waals surface area contributed by atoms with Crippen molar-refractivity contribution in [3.63, 3.8) is 0 Å². The first-order valence-corrected chi connectivity index (χ1v) is 6.32. The molecule has 0 aromatic heterocycles. The SMILES string of the molecule is C1CC(C2CC23CCNCC3)CCN1. The molecule has 2 N–H and O–H groups in total. The predicted molar refractivity (Wildman–Crippen MR) is 58.2 cm³/mol. The highest BCUT2D eigenvalue weighted by atomic mass is 14.9. The van der Waals surface area contributed by atoms with Crippen LogP contribution in [0.1, 0.15) is 32.1 Å². The number of hydrogen-bond donors (Lipinski definition) is 2. The molecule has 3 rings (SSSR count). The molecule has 3 fully saturated rings. The molecule has 0 aromatic rings. The summed E-state index contributed by atoms with van der Waals surface area (Å²) in [4.78, 5) is 0. The van der Waals surface area contributed by atoms with Gasteiger partial charge in [-0.3, -0.25) is 0 Å². The third-order valence-electron chi connectivity index (χ3n) is 4.81. The maximum absolute atomic E-state index is 3.49. The fourth-order valence-corrected chi connectivity index (χ4v) is 3.79. The van der Waals surface area contributed by atoms with Crippen LogP contribution in [0, 0.1) is 17.3 Å². The first-order valence-electron chi connectivity index (χ1n) is 6.32. The van der Waals surface area contributed by atoms with E-state index >= 15 is 0 Å². The topological polar surface area (TPSA) is 24.1 Å². The van der Waals surface area contributed by atoms with Crippen molar-refractivity contribution < 1.29 is 0 Å². The zero-order valence-corrected chi connectivity index (χ0v) is 9.02. The van der Waals surface area contributed by atoms with Crippen LogP contribution in [-0.2, 0) is 0 Å². The Balaban J connectivity index is 1.59. The third kappa shape index (κ3) is 1.49. The van der Waals surface area contributed by atoms with E-state index in [-0.39, 0.29) is 0 Å².